The highest BCUT2D eigenvalue weighted by molar-refractivity contribution is 8.00. The van der Waals surface area contributed by atoms with Crippen LogP contribution in [-0.2, 0) is 0 Å². The summed E-state index contributed by atoms with van der Waals surface area (Å²) < 4.78 is 11.1. The van der Waals surface area contributed by atoms with E-state index in [4.69, 9.17) is 9.47 Å². The van der Waals surface area contributed by atoms with Crippen molar-refractivity contribution in [1.82, 2.24) is 5.32 Å². The Kier molecular flexibility index (Phi) is 4.57. The lowest BCUT2D eigenvalue weighted by atomic mass is 10.3. The van der Waals surface area contributed by atoms with Gasteiger partial charge in [0.15, 0.2) is 11.5 Å². The van der Waals surface area contributed by atoms with Crippen LogP contribution >= 0.6 is 11.8 Å². The van der Waals surface area contributed by atoms with Gasteiger partial charge < -0.3 is 14.8 Å². The third-order valence-electron chi connectivity index (χ3n) is 2.53. The van der Waals surface area contributed by atoms with Crippen molar-refractivity contribution < 1.29 is 9.47 Å². The Labute approximate surface area is 107 Å². The minimum Gasteiger partial charge on any atom is -0.486 e. The van der Waals surface area contributed by atoms with Crippen LogP contribution < -0.4 is 14.8 Å². The van der Waals surface area contributed by atoms with E-state index in [1.54, 1.807) is 0 Å². The van der Waals surface area contributed by atoms with Gasteiger partial charge in [-0.2, -0.15) is 0 Å². The Morgan fingerprint density at radius 3 is 2.82 bits per heavy atom. The van der Waals surface area contributed by atoms with E-state index in [2.05, 4.69) is 31.3 Å². The molecule has 0 saturated heterocycles. The van der Waals surface area contributed by atoms with Crippen molar-refractivity contribution in [2.45, 2.75) is 24.0 Å². The quantitative estimate of drug-likeness (QED) is 0.817. The summed E-state index contributed by atoms with van der Waals surface area (Å²) in [6.07, 6.45) is 0. The zero-order valence-electron chi connectivity index (χ0n) is 10.4. The normalized spacial score (nSPS) is 15.6. The molecular formula is C13H19NO2S. The van der Waals surface area contributed by atoms with Crippen molar-refractivity contribution in [3.05, 3.63) is 18.2 Å². The highest BCUT2D eigenvalue weighted by Gasteiger charge is 2.13. The molecule has 0 aromatic heterocycles. The molecule has 0 saturated carbocycles. The second kappa shape index (κ2) is 6.17. The van der Waals surface area contributed by atoms with E-state index in [1.165, 1.54) is 4.90 Å². The molecule has 3 nitrogen and oxygen atoms in total. The molecule has 0 amide bonds. The maximum atomic E-state index is 5.57. The van der Waals surface area contributed by atoms with Crippen molar-refractivity contribution >= 4 is 11.8 Å². The summed E-state index contributed by atoms with van der Waals surface area (Å²) >= 11 is 1.86. The third-order valence-corrected chi connectivity index (χ3v) is 3.63. The minimum absolute atomic E-state index is 0.553. The largest absolute Gasteiger partial charge is 0.486 e. The summed E-state index contributed by atoms with van der Waals surface area (Å²) in [7, 11) is 0. The molecule has 17 heavy (non-hydrogen) atoms. The Morgan fingerprint density at radius 1 is 1.29 bits per heavy atom. The lowest BCUT2D eigenvalue weighted by molar-refractivity contribution is 0.171. The SMILES string of the molecule is CCNCC(C)Sc1ccc2c(c1)OCCO2. The third kappa shape index (κ3) is 3.54. The number of thioether (sulfide) groups is 1. The van der Waals surface area contributed by atoms with Gasteiger partial charge in [0.1, 0.15) is 13.2 Å². The molecule has 1 heterocycles. The van der Waals surface area contributed by atoms with Gasteiger partial charge in [-0.1, -0.05) is 13.8 Å². The highest BCUT2D eigenvalue weighted by Crippen LogP contribution is 2.35. The van der Waals surface area contributed by atoms with Crippen molar-refractivity contribution in [2.24, 2.45) is 0 Å². The molecule has 0 radical (unpaired) electrons. The van der Waals surface area contributed by atoms with Crippen molar-refractivity contribution in [1.29, 1.82) is 0 Å². The number of nitrogens with one attached hydrogen (secondary N) is 1. The van der Waals surface area contributed by atoms with Crippen LogP contribution in [0, 0.1) is 0 Å². The van der Waals surface area contributed by atoms with Gasteiger partial charge in [-0.15, -0.1) is 11.8 Å². The fourth-order valence-corrected chi connectivity index (χ4v) is 2.71. The maximum Gasteiger partial charge on any atom is 0.162 e. The molecular weight excluding hydrogens is 234 g/mol. The first kappa shape index (κ1) is 12.6. The second-order valence-electron chi connectivity index (χ2n) is 4.04. The van der Waals surface area contributed by atoms with E-state index in [1.807, 2.05) is 17.8 Å². The van der Waals surface area contributed by atoms with Gasteiger partial charge in [-0.3, -0.25) is 0 Å². The van der Waals surface area contributed by atoms with E-state index < -0.39 is 0 Å². The monoisotopic (exact) mass is 253 g/mol. The summed E-state index contributed by atoms with van der Waals surface area (Å²) in [5, 5.41) is 3.91. The Bertz CT molecular complexity index is 370. The average Bonchev–Trinajstić information content (AvgIpc) is 2.36. The molecule has 1 unspecified atom stereocenters. The van der Waals surface area contributed by atoms with Crippen molar-refractivity contribution in [3.8, 4) is 11.5 Å². The van der Waals surface area contributed by atoms with E-state index in [0.717, 1.165) is 24.6 Å². The van der Waals surface area contributed by atoms with Gasteiger partial charge >= 0.3 is 0 Å². The molecule has 1 aromatic rings. The zero-order chi connectivity index (χ0) is 12.1. The van der Waals surface area contributed by atoms with Crippen molar-refractivity contribution in [2.75, 3.05) is 26.3 Å². The number of hydrogen-bond acceptors (Lipinski definition) is 4. The molecule has 0 spiro atoms. The maximum absolute atomic E-state index is 5.57. The first-order valence-electron chi connectivity index (χ1n) is 6.06. The van der Waals surface area contributed by atoms with Crippen LogP contribution in [0.25, 0.3) is 0 Å². The van der Waals surface area contributed by atoms with Gasteiger partial charge in [-0.05, 0) is 24.7 Å². The van der Waals surface area contributed by atoms with E-state index in [9.17, 15) is 0 Å². The molecule has 2 rings (SSSR count). The van der Waals surface area contributed by atoms with Gasteiger partial charge in [0.05, 0.1) is 0 Å². The van der Waals surface area contributed by atoms with Crippen LogP contribution in [-0.4, -0.2) is 31.6 Å². The van der Waals surface area contributed by atoms with Crippen LogP contribution in [0.3, 0.4) is 0 Å². The summed E-state index contributed by atoms with van der Waals surface area (Å²) in [6.45, 7) is 7.69. The molecule has 0 bridgehead atoms. The molecule has 1 atom stereocenters. The van der Waals surface area contributed by atoms with Crippen LogP contribution in [0.2, 0.25) is 0 Å². The predicted octanol–water partition coefficient (Wildman–Crippen LogP) is 2.55. The number of fused-ring (bicyclic) bond motifs is 1. The first-order chi connectivity index (χ1) is 8.29. The van der Waals surface area contributed by atoms with Gasteiger partial charge in [-0.25, -0.2) is 0 Å². The molecule has 4 heteroatoms. The summed E-state index contributed by atoms with van der Waals surface area (Å²) in [5.41, 5.74) is 0. The Balaban J connectivity index is 1.97. The first-order valence-corrected chi connectivity index (χ1v) is 6.94. The summed E-state index contributed by atoms with van der Waals surface area (Å²) in [6, 6.07) is 6.17. The fourth-order valence-electron chi connectivity index (χ4n) is 1.72. The molecule has 0 fully saturated rings. The molecule has 1 N–H and O–H groups in total. The topological polar surface area (TPSA) is 30.5 Å². The van der Waals surface area contributed by atoms with Gasteiger partial charge in [0.2, 0.25) is 0 Å². The Hall–Kier alpha value is -0.870. The van der Waals surface area contributed by atoms with Crippen LogP contribution in [0.4, 0.5) is 0 Å². The second-order valence-corrected chi connectivity index (χ2v) is 5.55. The van der Waals surface area contributed by atoms with Crippen LogP contribution in [0.1, 0.15) is 13.8 Å². The molecule has 1 aromatic carbocycles. The average molecular weight is 253 g/mol. The Morgan fingerprint density at radius 2 is 2.06 bits per heavy atom. The highest BCUT2D eigenvalue weighted by atomic mass is 32.2. The number of rotatable bonds is 5. The lowest BCUT2D eigenvalue weighted by Gasteiger charge is -2.19. The number of benzene rings is 1. The van der Waals surface area contributed by atoms with Gasteiger partial charge in [0, 0.05) is 16.7 Å². The fraction of sp³-hybridized carbons (Fsp3) is 0.538. The van der Waals surface area contributed by atoms with E-state index in [-0.39, 0.29) is 0 Å². The van der Waals surface area contributed by atoms with Crippen LogP contribution in [0.5, 0.6) is 11.5 Å². The van der Waals surface area contributed by atoms with Crippen LogP contribution in [0.15, 0.2) is 23.1 Å². The minimum atomic E-state index is 0.553. The lowest BCUT2D eigenvalue weighted by Crippen LogP contribution is -2.22. The summed E-state index contributed by atoms with van der Waals surface area (Å²) in [4.78, 5) is 1.24. The number of ether oxygens (including phenoxy) is 2. The smallest absolute Gasteiger partial charge is 0.162 e. The number of hydrogen-bond donors (Lipinski definition) is 1. The molecule has 94 valence electrons. The molecule has 1 aliphatic rings. The van der Waals surface area contributed by atoms with Gasteiger partial charge in [0.25, 0.3) is 0 Å². The molecule has 1 aliphatic heterocycles. The predicted molar refractivity (Wildman–Crippen MR) is 71.3 cm³/mol. The zero-order valence-corrected chi connectivity index (χ0v) is 11.2. The standard InChI is InChI=1S/C13H19NO2S/c1-3-14-9-10(2)17-11-4-5-12-13(8-11)16-7-6-15-12/h4-5,8,10,14H,3,6-7,9H2,1-2H3. The molecule has 0 aliphatic carbocycles. The van der Waals surface area contributed by atoms with Crippen molar-refractivity contribution in [3.63, 3.8) is 0 Å². The summed E-state index contributed by atoms with van der Waals surface area (Å²) in [5.74, 6) is 1.73. The van der Waals surface area contributed by atoms with E-state index >= 15 is 0 Å². The van der Waals surface area contributed by atoms with E-state index in [0.29, 0.717) is 18.5 Å².